The van der Waals surface area contributed by atoms with E-state index >= 15 is 0 Å². The van der Waals surface area contributed by atoms with Gasteiger partial charge in [-0.15, -0.1) is 0 Å². The molecule has 0 bridgehead atoms. The molecular formula is C20H26N2O4. The fourth-order valence-corrected chi connectivity index (χ4v) is 3.76. The van der Waals surface area contributed by atoms with Crippen molar-refractivity contribution in [2.45, 2.75) is 39.0 Å². The Labute approximate surface area is 153 Å². The molecule has 1 N–H and O–H groups in total. The number of anilines is 1. The van der Waals surface area contributed by atoms with Crippen molar-refractivity contribution in [2.24, 2.45) is 11.8 Å². The predicted octanol–water partition coefficient (Wildman–Crippen LogP) is 2.38. The topological polar surface area (TPSA) is 75.7 Å². The number of nitrogens with one attached hydrogen (secondary N) is 1. The fourth-order valence-electron chi connectivity index (χ4n) is 3.76. The number of esters is 1. The van der Waals surface area contributed by atoms with Crippen LogP contribution in [0.5, 0.6) is 0 Å². The van der Waals surface area contributed by atoms with Gasteiger partial charge in [-0.2, -0.15) is 0 Å². The summed E-state index contributed by atoms with van der Waals surface area (Å²) in [6.07, 6.45) is 3.10. The average molecular weight is 358 g/mol. The van der Waals surface area contributed by atoms with E-state index in [4.69, 9.17) is 4.74 Å². The van der Waals surface area contributed by atoms with E-state index < -0.39 is 0 Å². The molecule has 1 aromatic carbocycles. The number of rotatable bonds is 5. The van der Waals surface area contributed by atoms with E-state index in [1.165, 1.54) is 0 Å². The fraction of sp³-hybridized carbons (Fsp3) is 0.550. The molecule has 2 heterocycles. The zero-order valence-corrected chi connectivity index (χ0v) is 15.2. The van der Waals surface area contributed by atoms with Crippen molar-refractivity contribution in [3.8, 4) is 0 Å². The molecular weight excluding hydrogens is 332 g/mol. The first-order valence-electron chi connectivity index (χ1n) is 9.41. The molecule has 3 rings (SSSR count). The summed E-state index contributed by atoms with van der Waals surface area (Å²) >= 11 is 0. The second kappa shape index (κ2) is 8.34. The molecule has 0 saturated carbocycles. The average Bonchev–Trinajstić information content (AvgIpc) is 2.66. The van der Waals surface area contributed by atoms with Crippen LogP contribution in [0.15, 0.2) is 24.3 Å². The van der Waals surface area contributed by atoms with Gasteiger partial charge in [0.1, 0.15) is 0 Å². The second-order valence-corrected chi connectivity index (χ2v) is 7.02. The lowest BCUT2D eigenvalue weighted by Crippen LogP contribution is -2.43. The van der Waals surface area contributed by atoms with Gasteiger partial charge in [0.25, 0.3) is 0 Å². The Balaban J connectivity index is 1.52. The summed E-state index contributed by atoms with van der Waals surface area (Å²) in [5.41, 5.74) is 1.98. The van der Waals surface area contributed by atoms with Crippen LogP contribution < -0.4 is 5.32 Å². The number of hydrogen-bond acceptors (Lipinski definition) is 4. The minimum absolute atomic E-state index is 0.0143. The lowest BCUT2D eigenvalue weighted by atomic mass is 9.89. The summed E-state index contributed by atoms with van der Waals surface area (Å²) in [5.74, 6) is -0.615. The standard InChI is InChI=1S/C20H26N2O4/c1-2-26-20(25)16-7-5-11-22(13-16)18(23)10-9-15-12-14-6-3-4-8-17(14)21-19(15)24/h3-4,6,8,15-16H,2,5,7,9-13H2,1H3,(H,21,24). The maximum absolute atomic E-state index is 12.6. The molecule has 0 aliphatic carbocycles. The SMILES string of the molecule is CCOC(=O)C1CCCN(C(=O)CCC2Cc3ccccc3NC2=O)C1. The Morgan fingerprint density at radius 2 is 2.12 bits per heavy atom. The molecule has 1 fully saturated rings. The van der Waals surface area contributed by atoms with Gasteiger partial charge in [-0.05, 0) is 44.2 Å². The van der Waals surface area contributed by atoms with E-state index in [0.717, 1.165) is 24.1 Å². The third kappa shape index (κ3) is 4.23. The summed E-state index contributed by atoms with van der Waals surface area (Å²) in [4.78, 5) is 38.5. The van der Waals surface area contributed by atoms with Crippen molar-refractivity contribution in [3.05, 3.63) is 29.8 Å². The highest BCUT2D eigenvalue weighted by atomic mass is 16.5. The van der Waals surface area contributed by atoms with Crippen LogP contribution in [0, 0.1) is 11.8 Å². The number of ether oxygens (including phenoxy) is 1. The number of carbonyl (C=O) groups excluding carboxylic acids is 3. The van der Waals surface area contributed by atoms with Gasteiger partial charge in [0.2, 0.25) is 11.8 Å². The van der Waals surface area contributed by atoms with Crippen molar-refractivity contribution < 1.29 is 19.1 Å². The number of carbonyl (C=O) groups is 3. The molecule has 140 valence electrons. The molecule has 0 aromatic heterocycles. The maximum atomic E-state index is 12.6. The Bertz CT molecular complexity index is 688. The number of likely N-dealkylation sites (tertiary alicyclic amines) is 1. The maximum Gasteiger partial charge on any atom is 0.310 e. The van der Waals surface area contributed by atoms with Crippen molar-refractivity contribution in [1.29, 1.82) is 0 Å². The number of amides is 2. The summed E-state index contributed by atoms with van der Waals surface area (Å²) in [6.45, 7) is 3.25. The monoisotopic (exact) mass is 358 g/mol. The highest BCUT2D eigenvalue weighted by Crippen LogP contribution is 2.28. The first-order chi connectivity index (χ1) is 12.6. The summed E-state index contributed by atoms with van der Waals surface area (Å²) in [7, 11) is 0. The first-order valence-corrected chi connectivity index (χ1v) is 9.41. The quantitative estimate of drug-likeness (QED) is 0.820. The molecule has 2 aliphatic heterocycles. The molecule has 2 unspecified atom stereocenters. The lowest BCUT2D eigenvalue weighted by Gasteiger charge is -2.32. The van der Waals surface area contributed by atoms with Crippen molar-refractivity contribution in [2.75, 3.05) is 25.0 Å². The van der Waals surface area contributed by atoms with Crippen LogP contribution in [0.4, 0.5) is 5.69 Å². The Morgan fingerprint density at radius 3 is 2.92 bits per heavy atom. The molecule has 0 spiro atoms. The first kappa shape index (κ1) is 18.4. The normalized spacial score (nSPS) is 22.3. The van der Waals surface area contributed by atoms with Crippen LogP contribution in [0.3, 0.4) is 0 Å². The largest absolute Gasteiger partial charge is 0.466 e. The van der Waals surface area contributed by atoms with Crippen molar-refractivity contribution in [1.82, 2.24) is 4.90 Å². The highest BCUT2D eigenvalue weighted by Gasteiger charge is 2.31. The molecule has 26 heavy (non-hydrogen) atoms. The molecule has 2 amide bonds. The Hall–Kier alpha value is -2.37. The Kier molecular flexibility index (Phi) is 5.91. The van der Waals surface area contributed by atoms with Crippen LogP contribution in [-0.2, 0) is 25.5 Å². The zero-order chi connectivity index (χ0) is 18.5. The van der Waals surface area contributed by atoms with Gasteiger partial charge < -0.3 is 15.0 Å². The molecule has 2 atom stereocenters. The number of nitrogens with zero attached hydrogens (tertiary/aromatic N) is 1. The van der Waals surface area contributed by atoms with E-state index in [9.17, 15) is 14.4 Å². The second-order valence-electron chi connectivity index (χ2n) is 7.02. The number of para-hydroxylation sites is 1. The van der Waals surface area contributed by atoms with E-state index in [0.29, 0.717) is 39.0 Å². The van der Waals surface area contributed by atoms with Gasteiger partial charge in [0.05, 0.1) is 12.5 Å². The molecule has 6 heteroatoms. The van der Waals surface area contributed by atoms with Gasteiger partial charge in [-0.3, -0.25) is 14.4 Å². The Morgan fingerprint density at radius 1 is 1.31 bits per heavy atom. The van der Waals surface area contributed by atoms with E-state index in [1.807, 2.05) is 24.3 Å². The third-order valence-electron chi connectivity index (χ3n) is 5.21. The molecule has 1 saturated heterocycles. The van der Waals surface area contributed by atoms with E-state index in [2.05, 4.69) is 5.32 Å². The van der Waals surface area contributed by atoms with Gasteiger partial charge in [-0.1, -0.05) is 18.2 Å². The number of piperidine rings is 1. The van der Waals surface area contributed by atoms with Crippen molar-refractivity contribution in [3.63, 3.8) is 0 Å². The molecule has 1 aromatic rings. The molecule has 2 aliphatic rings. The molecule has 6 nitrogen and oxygen atoms in total. The van der Waals surface area contributed by atoms with E-state index in [-0.39, 0.29) is 29.6 Å². The van der Waals surface area contributed by atoms with Gasteiger partial charge in [0.15, 0.2) is 0 Å². The summed E-state index contributed by atoms with van der Waals surface area (Å²) in [5, 5.41) is 2.92. The predicted molar refractivity (Wildman–Crippen MR) is 97.4 cm³/mol. The van der Waals surface area contributed by atoms with E-state index in [1.54, 1.807) is 11.8 Å². The van der Waals surface area contributed by atoms with Crippen LogP contribution in [0.25, 0.3) is 0 Å². The summed E-state index contributed by atoms with van der Waals surface area (Å²) < 4.78 is 5.08. The van der Waals surface area contributed by atoms with Crippen LogP contribution >= 0.6 is 0 Å². The highest BCUT2D eigenvalue weighted by molar-refractivity contribution is 5.96. The summed E-state index contributed by atoms with van der Waals surface area (Å²) in [6, 6.07) is 7.77. The number of fused-ring (bicyclic) bond motifs is 1. The lowest BCUT2D eigenvalue weighted by molar-refractivity contribution is -0.151. The number of benzene rings is 1. The third-order valence-corrected chi connectivity index (χ3v) is 5.21. The van der Waals surface area contributed by atoms with Gasteiger partial charge >= 0.3 is 5.97 Å². The van der Waals surface area contributed by atoms with Crippen LogP contribution in [-0.4, -0.2) is 42.4 Å². The van der Waals surface area contributed by atoms with Gasteiger partial charge in [0, 0.05) is 31.1 Å². The minimum atomic E-state index is -0.225. The molecule has 0 radical (unpaired) electrons. The number of hydrogen-bond donors (Lipinski definition) is 1. The van der Waals surface area contributed by atoms with Gasteiger partial charge in [-0.25, -0.2) is 0 Å². The zero-order valence-electron chi connectivity index (χ0n) is 15.2. The smallest absolute Gasteiger partial charge is 0.310 e. The van der Waals surface area contributed by atoms with Crippen LogP contribution in [0.2, 0.25) is 0 Å². The van der Waals surface area contributed by atoms with Crippen LogP contribution in [0.1, 0.15) is 38.2 Å². The van der Waals surface area contributed by atoms with Crippen molar-refractivity contribution >= 4 is 23.5 Å². The minimum Gasteiger partial charge on any atom is -0.466 e.